The Morgan fingerprint density at radius 2 is 1.92 bits per heavy atom. The van der Waals surface area contributed by atoms with Crippen molar-refractivity contribution in [3.05, 3.63) is 39.9 Å². The van der Waals surface area contributed by atoms with E-state index in [4.69, 9.17) is 9.47 Å². The monoisotopic (exact) mass is 434 g/mol. The third-order valence-electron chi connectivity index (χ3n) is 4.35. The maximum absolute atomic E-state index is 13.2. The highest BCUT2D eigenvalue weighted by Gasteiger charge is 2.37. The van der Waals surface area contributed by atoms with Gasteiger partial charge < -0.3 is 9.47 Å². The molecule has 2 rings (SSSR count). The lowest BCUT2D eigenvalue weighted by Gasteiger charge is -2.29. The predicted octanol–water partition coefficient (Wildman–Crippen LogP) is 5.91. The Kier molecular flexibility index (Phi) is 7.15. The van der Waals surface area contributed by atoms with E-state index in [1.807, 2.05) is 6.08 Å². The van der Waals surface area contributed by atoms with E-state index in [0.717, 1.165) is 12.8 Å². The summed E-state index contributed by atoms with van der Waals surface area (Å²) < 4.78 is 50.3. The van der Waals surface area contributed by atoms with Crippen LogP contribution < -0.4 is 4.74 Å². The topological polar surface area (TPSA) is 35.5 Å². The summed E-state index contributed by atoms with van der Waals surface area (Å²) in [5.74, 6) is -0.257. The van der Waals surface area contributed by atoms with Gasteiger partial charge in [-0.2, -0.15) is 13.2 Å². The van der Waals surface area contributed by atoms with Gasteiger partial charge in [-0.25, -0.2) is 4.79 Å². The van der Waals surface area contributed by atoms with Gasteiger partial charge in [0.1, 0.15) is 11.3 Å². The summed E-state index contributed by atoms with van der Waals surface area (Å²) in [6.45, 7) is 3.81. The Labute approximate surface area is 159 Å². The van der Waals surface area contributed by atoms with E-state index in [2.05, 4.69) is 15.9 Å². The molecule has 1 aliphatic carbocycles. The summed E-state index contributed by atoms with van der Waals surface area (Å²) in [7, 11) is 0. The van der Waals surface area contributed by atoms with E-state index in [-0.39, 0.29) is 28.2 Å². The molecule has 0 heterocycles. The van der Waals surface area contributed by atoms with Crippen LogP contribution in [0, 0.1) is 5.92 Å². The fourth-order valence-electron chi connectivity index (χ4n) is 3.10. The minimum absolute atomic E-state index is 0.0239. The van der Waals surface area contributed by atoms with Crippen molar-refractivity contribution in [2.75, 3.05) is 6.61 Å². The number of ether oxygens (including phenoxy) is 2. The van der Waals surface area contributed by atoms with Crippen molar-refractivity contribution >= 4 is 21.9 Å². The lowest BCUT2D eigenvalue weighted by Crippen LogP contribution is -2.25. The highest BCUT2D eigenvalue weighted by atomic mass is 79.9. The molecule has 1 aromatic rings. The number of carbonyl (C=O) groups excluding carboxylic acids is 1. The fraction of sp³-hybridized carbons (Fsp3) is 0.526. The van der Waals surface area contributed by atoms with Crippen LogP contribution in [0.2, 0.25) is 0 Å². The van der Waals surface area contributed by atoms with Crippen molar-refractivity contribution in [3.63, 3.8) is 0 Å². The minimum Gasteiger partial charge on any atom is -0.490 e. The average molecular weight is 435 g/mol. The van der Waals surface area contributed by atoms with Gasteiger partial charge in [-0.05, 0) is 57.6 Å². The highest BCUT2D eigenvalue weighted by molar-refractivity contribution is 9.10. The second-order valence-corrected chi connectivity index (χ2v) is 7.19. The summed E-state index contributed by atoms with van der Waals surface area (Å²) in [5, 5.41) is 0. The number of benzene rings is 1. The molecule has 0 unspecified atom stereocenters. The Morgan fingerprint density at radius 3 is 2.50 bits per heavy atom. The standard InChI is InChI=1S/C19H22BrF3O3/c1-3-25-18(24)12(2)11-13-7-9-14(10-8-13)26-16-6-4-5-15(20)17(16)19(21,22)23/h4-6,11,13-14H,3,7-10H2,1-2H3/b12-11+. The molecular weight excluding hydrogens is 413 g/mol. The number of hydrogen-bond donors (Lipinski definition) is 0. The number of halogens is 4. The molecule has 0 spiro atoms. The van der Waals surface area contributed by atoms with Crippen LogP contribution in [0.25, 0.3) is 0 Å². The van der Waals surface area contributed by atoms with Gasteiger partial charge in [-0.15, -0.1) is 0 Å². The van der Waals surface area contributed by atoms with Gasteiger partial charge in [-0.1, -0.05) is 28.1 Å². The molecule has 0 radical (unpaired) electrons. The lowest BCUT2D eigenvalue weighted by atomic mass is 9.86. The smallest absolute Gasteiger partial charge is 0.421 e. The summed E-state index contributed by atoms with van der Waals surface area (Å²) in [6.07, 6.45) is -0.0473. The van der Waals surface area contributed by atoms with E-state index in [1.165, 1.54) is 18.2 Å². The largest absolute Gasteiger partial charge is 0.490 e. The Hall–Kier alpha value is -1.50. The average Bonchev–Trinajstić information content (AvgIpc) is 2.55. The number of hydrogen-bond acceptors (Lipinski definition) is 3. The maximum atomic E-state index is 13.2. The number of allylic oxidation sites excluding steroid dienone is 1. The molecule has 0 aromatic heterocycles. The van der Waals surface area contributed by atoms with Gasteiger partial charge in [0.25, 0.3) is 0 Å². The molecule has 7 heteroatoms. The van der Waals surface area contributed by atoms with Crippen LogP contribution in [0.4, 0.5) is 13.2 Å². The van der Waals surface area contributed by atoms with Crippen molar-refractivity contribution in [1.29, 1.82) is 0 Å². The van der Waals surface area contributed by atoms with Crippen molar-refractivity contribution in [2.45, 2.75) is 51.8 Å². The quantitative estimate of drug-likeness (QED) is 0.426. The Bertz CT molecular complexity index is 662. The molecule has 0 saturated heterocycles. The molecule has 144 valence electrons. The van der Waals surface area contributed by atoms with Crippen molar-refractivity contribution < 1.29 is 27.4 Å². The minimum atomic E-state index is -4.48. The molecule has 1 aromatic carbocycles. The zero-order valence-electron chi connectivity index (χ0n) is 14.7. The van der Waals surface area contributed by atoms with Crippen LogP contribution in [0.3, 0.4) is 0 Å². The summed E-state index contributed by atoms with van der Waals surface area (Å²) in [4.78, 5) is 11.7. The predicted molar refractivity (Wildman–Crippen MR) is 95.9 cm³/mol. The van der Waals surface area contributed by atoms with Crippen molar-refractivity contribution in [1.82, 2.24) is 0 Å². The molecule has 1 aliphatic rings. The van der Waals surface area contributed by atoms with E-state index in [1.54, 1.807) is 13.8 Å². The van der Waals surface area contributed by atoms with Gasteiger partial charge in [0.2, 0.25) is 0 Å². The third-order valence-corrected chi connectivity index (χ3v) is 5.02. The van der Waals surface area contributed by atoms with Crippen LogP contribution >= 0.6 is 15.9 Å². The first-order chi connectivity index (χ1) is 12.2. The summed E-state index contributed by atoms with van der Waals surface area (Å²) in [5.41, 5.74) is -0.206. The number of esters is 1. The molecule has 1 saturated carbocycles. The number of rotatable bonds is 5. The number of alkyl halides is 3. The second kappa shape index (κ2) is 8.93. The van der Waals surface area contributed by atoms with Gasteiger partial charge in [0.15, 0.2) is 0 Å². The zero-order chi connectivity index (χ0) is 19.3. The molecule has 0 aliphatic heterocycles. The summed E-state index contributed by atoms with van der Waals surface area (Å²) in [6, 6.07) is 4.24. The first-order valence-corrected chi connectivity index (χ1v) is 9.39. The van der Waals surface area contributed by atoms with Crippen molar-refractivity contribution in [3.8, 4) is 5.75 Å². The van der Waals surface area contributed by atoms with Crippen LogP contribution in [-0.2, 0) is 15.7 Å². The van der Waals surface area contributed by atoms with Gasteiger partial charge in [0.05, 0.1) is 12.7 Å². The summed E-state index contributed by atoms with van der Waals surface area (Å²) >= 11 is 2.96. The van der Waals surface area contributed by atoms with Crippen LogP contribution in [-0.4, -0.2) is 18.7 Å². The van der Waals surface area contributed by atoms with E-state index >= 15 is 0 Å². The molecule has 3 nitrogen and oxygen atoms in total. The van der Waals surface area contributed by atoms with E-state index < -0.39 is 11.7 Å². The third kappa shape index (κ3) is 5.50. The lowest BCUT2D eigenvalue weighted by molar-refractivity contribution is -0.140. The van der Waals surface area contributed by atoms with Crippen LogP contribution in [0.5, 0.6) is 5.75 Å². The van der Waals surface area contributed by atoms with Crippen LogP contribution in [0.1, 0.15) is 45.1 Å². The molecular formula is C19H22BrF3O3. The number of carbonyl (C=O) groups is 1. The normalized spacial score (nSPS) is 21.4. The van der Waals surface area contributed by atoms with Crippen molar-refractivity contribution in [2.24, 2.45) is 5.92 Å². The highest BCUT2D eigenvalue weighted by Crippen LogP contribution is 2.42. The van der Waals surface area contributed by atoms with Gasteiger partial charge >= 0.3 is 12.1 Å². The fourth-order valence-corrected chi connectivity index (χ4v) is 3.67. The van der Waals surface area contributed by atoms with E-state index in [0.29, 0.717) is 25.0 Å². The van der Waals surface area contributed by atoms with Crippen LogP contribution in [0.15, 0.2) is 34.3 Å². The molecule has 0 bridgehead atoms. The van der Waals surface area contributed by atoms with Gasteiger partial charge in [-0.3, -0.25) is 0 Å². The molecule has 0 N–H and O–H groups in total. The molecule has 0 atom stereocenters. The molecule has 0 amide bonds. The van der Waals surface area contributed by atoms with E-state index in [9.17, 15) is 18.0 Å². The Balaban J connectivity index is 1.99. The first-order valence-electron chi connectivity index (χ1n) is 8.60. The zero-order valence-corrected chi connectivity index (χ0v) is 16.3. The molecule has 26 heavy (non-hydrogen) atoms. The second-order valence-electron chi connectivity index (χ2n) is 6.34. The molecule has 1 fully saturated rings. The first kappa shape index (κ1) is 20.8. The Morgan fingerprint density at radius 1 is 1.27 bits per heavy atom. The SMILES string of the molecule is CCOC(=O)/C(C)=C/C1CCC(Oc2cccc(Br)c2C(F)(F)F)CC1. The maximum Gasteiger partial charge on any atom is 0.421 e. The van der Waals surface area contributed by atoms with Gasteiger partial charge in [0, 0.05) is 10.0 Å².